The Hall–Kier alpha value is -1.97. The maximum absolute atomic E-state index is 13.8. The van der Waals surface area contributed by atoms with Crippen LogP contribution in [0.5, 0.6) is 0 Å². The summed E-state index contributed by atoms with van der Waals surface area (Å²) in [6.07, 6.45) is 0. The van der Waals surface area contributed by atoms with E-state index in [0.29, 0.717) is 17.1 Å². The fourth-order valence-electron chi connectivity index (χ4n) is 1.72. The molecule has 2 N–H and O–H groups in total. The Kier molecular flexibility index (Phi) is 2.79. The lowest BCUT2D eigenvalue weighted by Gasteiger charge is -2.09. The number of aromatic nitrogens is 1. The number of benzene rings is 1. The first-order valence-corrected chi connectivity index (χ1v) is 5.19. The second kappa shape index (κ2) is 4.13. The van der Waals surface area contributed by atoms with Crippen molar-refractivity contribution in [2.75, 3.05) is 5.73 Å². The van der Waals surface area contributed by atoms with Crippen LogP contribution < -0.4 is 5.73 Å². The molecule has 0 spiro atoms. The van der Waals surface area contributed by atoms with Crippen LogP contribution in [0.1, 0.15) is 11.3 Å². The molecule has 0 unspecified atom stereocenters. The lowest BCUT2D eigenvalue weighted by molar-refractivity contribution is 0.505. The summed E-state index contributed by atoms with van der Waals surface area (Å²) in [5, 5.41) is 0. The molecule has 0 bridgehead atoms. The molecule has 0 amide bonds. The van der Waals surface area contributed by atoms with Crippen molar-refractivity contribution in [1.29, 1.82) is 0 Å². The van der Waals surface area contributed by atoms with Crippen LogP contribution in [0.15, 0.2) is 24.3 Å². The molecule has 2 nitrogen and oxygen atoms in total. The number of halogens is 2. The van der Waals surface area contributed by atoms with Gasteiger partial charge in [0.2, 0.25) is 0 Å². The van der Waals surface area contributed by atoms with E-state index < -0.39 is 11.6 Å². The van der Waals surface area contributed by atoms with Crippen molar-refractivity contribution in [3.8, 4) is 11.1 Å². The minimum Gasteiger partial charge on any atom is -0.384 e. The van der Waals surface area contributed by atoms with Crippen LogP contribution in [-0.2, 0) is 0 Å². The molecular formula is C13H12F2N2. The predicted molar refractivity (Wildman–Crippen MR) is 63.5 cm³/mol. The smallest absolute Gasteiger partial charge is 0.166 e. The minimum atomic E-state index is -0.848. The van der Waals surface area contributed by atoms with Crippen molar-refractivity contribution >= 4 is 5.82 Å². The van der Waals surface area contributed by atoms with Gasteiger partial charge in [-0.1, -0.05) is 12.1 Å². The van der Waals surface area contributed by atoms with Crippen LogP contribution in [0.2, 0.25) is 0 Å². The normalized spacial score (nSPS) is 10.6. The average molecular weight is 234 g/mol. The first-order chi connectivity index (χ1) is 8.00. The molecule has 2 rings (SSSR count). The van der Waals surface area contributed by atoms with Crippen LogP contribution in [-0.4, -0.2) is 4.98 Å². The summed E-state index contributed by atoms with van der Waals surface area (Å²) in [5.41, 5.74) is 7.14. The molecule has 1 aromatic heterocycles. The number of hydrogen-bond acceptors (Lipinski definition) is 2. The predicted octanol–water partition coefficient (Wildman–Crippen LogP) is 3.23. The highest BCUT2D eigenvalue weighted by molar-refractivity contribution is 5.68. The number of nitrogens with zero attached hydrogens (tertiary/aromatic N) is 1. The Balaban J connectivity index is 2.65. The van der Waals surface area contributed by atoms with E-state index in [1.54, 1.807) is 31.2 Å². The van der Waals surface area contributed by atoms with Crippen molar-refractivity contribution in [3.05, 3.63) is 47.2 Å². The van der Waals surface area contributed by atoms with E-state index in [9.17, 15) is 8.78 Å². The maximum Gasteiger partial charge on any atom is 0.166 e. The van der Waals surface area contributed by atoms with Gasteiger partial charge in [-0.2, -0.15) is 0 Å². The molecule has 2 aromatic rings. The third kappa shape index (κ3) is 1.98. The summed E-state index contributed by atoms with van der Waals surface area (Å²) in [6.45, 7) is 3.24. The molecule has 88 valence electrons. The molecule has 17 heavy (non-hydrogen) atoms. The van der Waals surface area contributed by atoms with Crippen molar-refractivity contribution < 1.29 is 8.78 Å². The molecule has 0 saturated heterocycles. The molecule has 0 aliphatic rings. The van der Waals surface area contributed by atoms with Gasteiger partial charge < -0.3 is 5.73 Å². The molecule has 0 aliphatic heterocycles. The largest absolute Gasteiger partial charge is 0.384 e. The second-order valence-electron chi connectivity index (χ2n) is 3.93. The Labute approximate surface area is 98.1 Å². The van der Waals surface area contributed by atoms with Gasteiger partial charge in [0.05, 0.1) is 0 Å². The summed E-state index contributed by atoms with van der Waals surface area (Å²) in [6, 6.07) is 6.31. The Bertz CT molecular complexity index is 580. The molecular weight excluding hydrogens is 222 g/mol. The second-order valence-corrected chi connectivity index (χ2v) is 3.93. The summed E-state index contributed by atoms with van der Waals surface area (Å²) >= 11 is 0. The first kappa shape index (κ1) is 11.5. The molecule has 0 fully saturated rings. The zero-order chi connectivity index (χ0) is 12.6. The highest BCUT2D eigenvalue weighted by Gasteiger charge is 2.14. The van der Waals surface area contributed by atoms with Crippen LogP contribution in [0, 0.1) is 25.5 Å². The zero-order valence-corrected chi connectivity index (χ0v) is 9.59. The zero-order valence-electron chi connectivity index (χ0n) is 9.59. The van der Waals surface area contributed by atoms with Crippen LogP contribution >= 0.6 is 0 Å². The fourth-order valence-corrected chi connectivity index (χ4v) is 1.72. The molecule has 1 heterocycles. The quantitative estimate of drug-likeness (QED) is 0.822. The van der Waals surface area contributed by atoms with E-state index in [4.69, 9.17) is 5.73 Å². The lowest BCUT2D eigenvalue weighted by atomic mass is 10.0. The van der Waals surface area contributed by atoms with E-state index in [1.807, 2.05) is 0 Å². The van der Waals surface area contributed by atoms with Gasteiger partial charge in [-0.25, -0.2) is 13.8 Å². The maximum atomic E-state index is 13.8. The highest BCUT2D eigenvalue weighted by Crippen LogP contribution is 2.28. The number of rotatable bonds is 1. The Morgan fingerprint density at radius 1 is 0.941 bits per heavy atom. The van der Waals surface area contributed by atoms with Crippen molar-refractivity contribution in [1.82, 2.24) is 4.98 Å². The van der Waals surface area contributed by atoms with Crippen molar-refractivity contribution in [3.63, 3.8) is 0 Å². The molecule has 0 atom stereocenters. The molecule has 0 aliphatic carbocycles. The molecule has 0 radical (unpaired) electrons. The van der Waals surface area contributed by atoms with Gasteiger partial charge in [-0.05, 0) is 31.5 Å². The van der Waals surface area contributed by atoms with Crippen molar-refractivity contribution in [2.24, 2.45) is 0 Å². The minimum absolute atomic E-state index is 0.207. The summed E-state index contributed by atoms with van der Waals surface area (Å²) in [4.78, 5) is 4.03. The van der Waals surface area contributed by atoms with Gasteiger partial charge in [-0.3, -0.25) is 0 Å². The SMILES string of the molecule is Cc1ccc(-c2ccc(N)nc2C)c(F)c1F. The van der Waals surface area contributed by atoms with Crippen LogP contribution in [0.3, 0.4) is 0 Å². The number of anilines is 1. The monoisotopic (exact) mass is 234 g/mol. The van der Waals surface area contributed by atoms with Gasteiger partial charge in [0.1, 0.15) is 5.82 Å². The highest BCUT2D eigenvalue weighted by atomic mass is 19.2. The number of nitrogen functional groups attached to an aromatic ring is 1. The Morgan fingerprint density at radius 3 is 2.24 bits per heavy atom. The van der Waals surface area contributed by atoms with Gasteiger partial charge in [0.25, 0.3) is 0 Å². The molecule has 1 aromatic carbocycles. The fraction of sp³-hybridized carbons (Fsp3) is 0.154. The standard InChI is InChI=1S/C13H12F2N2/c1-7-3-4-10(13(15)12(7)14)9-5-6-11(16)17-8(9)2/h3-6H,1-2H3,(H2,16,17). The van der Waals surface area contributed by atoms with Crippen LogP contribution in [0.25, 0.3) is 11.1 Å². The average Bonchev–Trinajstić information content (AvgIpc) is 2.28. The van der Waals surface area contributed by atoms with Gasteiger partial charge in [0.15, 0.2) is 11.6 Å². The van der Waals surface area contributed by atoms with E-state index in [1.165, 1.54) is 6.92 Å². The topological polar surface area (TPSA) is 38.9 Å². The molecule has 0 saturated carbocycles. The van der Waals surface area contributed by atoms with E-state index in [0.717, 1.165) is 0 Å². The van der Waals surface area contributed by atoms with Crippen molar-refractivity contribution in [2.45, 2.75) is 13.8 Å². The number of aryl methyl sites for hydroxylation is 2. The van der Waals surface area contributed by atoms with E-state index >= 15 is 0 Å². The summed E-state index contributed by atoms with van der Waals surface area (Å²) < 4.78 is 27.3. The van der Waals surface area contributed by atoms with Crippen LogP contribution in [0.4, 0.5) is 14.6 Å². The number of pyridine rings is 1. The number of hydrogen-bond donors (Lipinski definition) is 1. The summed E-state index contributed by atoms with van der Waals surface area (Å²) in [5.74, 6) is -1.31. The third-order valence-electron chi connectivity index (χ3n) is 2.67. The van der Waals surface area contributed by atoms with E-state index in [2.05, 4.69) is 4.98 Å². The first-order valence-electron chi connectivity index (χ1n) is 5.19. The van der Waals surface area contributed by atoms with E-state index in [-0.39, 0.29) is 11.1 Å². The van der Waals surface area contributed by atoms with Gasteiger partial charge in [-0.15, -0.1) is 0 Å². The third-order valence-corrected chi connectivity index (χ3v) is 2.67. The Morgan fingerprint density at radius 2 is 1.59 bits per heavy atom. The lowest BCUT2D eigenvalue weighted by Crippen LogP contribution is -1.98. The number of nitrogens with two attached hydrogens (primary N) is 1. The van der Waals surface area contributed by atoms with Gasteiger partial charge >= 0.3 is 0 Å². The summed E-state index contributed by atoms with van der Waals surface area (Å²) in [7, 11) is 0. The molecule has 4 heteroatoms. The van der Waals surface area contributed by atoms with Gasteiger partial charge in [0, 0.05) is 16.8 Å².